The van der Waals surface area contributed by atoms with Crippen molar-refractivity contribution in [3.63, 3.8) is 0 Å². The Hall–Kier alpha value is 0.0200. The van der Waals surface area contributed by atoms with Crippen LogP contribution in [0.4, 0.5) is 0 Å². The van der Waals surface area contributed by atoms with Gasteiger partial charge in [0, 0.05) is 12.6 Å². The van der Waals surface area contributed by atoms with E-state index in [-0.39, 0.29) is 0 Å². The van der Waals surface area contributed by atoms with Gasteiger partial charge >= 0.3 is 0 Å². The van der Waals surface area contributed by atoms with E-state index in [1.807, 2.05) is 4.68 Å². The lowest BCUT2D eigenvalue weighted by Gasteiger charge is -2.32. The number of nitrogens with zero attached hydrogens (tertiary/aromatic N) is 4. The van der Waals surface area contributed by atoms with E-state index >= 15 is 0 Å². The van der Waals surface area contributed by atoms with Crippen LogP contribution in [-0.4, -0.2) is 45.5 Å². The van der Waals surface area contributed by atoms with E-state index < -0.39 is 0 Å². The van der Waals surface area contributed by atoms with Crippen LogP contribution in [0.2, 0.25) is 0 Å². The van der Waals surface area contributed by atoms with E-state index in [1.54, 1.807) is 0 Å². The number of rotatable bonds is 2. The largest absolute Gasteiger partial charge is 0.379 e. The second kappa shape index (κ2) is 4.90. The highest BCUT2D eigenvalue weighted by atomic mass is 79.9. The molecule has 2 rings (SSSR count). The zero-order valence-corrected chi connectivity index (χ0v) is 11.5. The summed E-state index contributed by atoms with van der Waals surface area (Å²) >= 11 is 6.61. The Morgan fingerprint density at radius 1 is 1.53 bits per heavy atom. The van der Waals surface area contributed by atoms with Crippen molar-refractivity contribution in [1.29, 1.82) is 0 Å². The standard InChI is InChI=1S/C8H12Br2N4O/c1-6-4-15-3-2-13(6)5-14-8(10)11-7(9)12-14/h6H,2-5H2,1H3/t6-/m1/s1. The molecule has 1 atom stereocenters. The van der Waals surface area contributed by atoms with Gasteiger partial charge in [0.1, 0.15) is 0 Å². The average Bonchev–Trinajstić information content (AvgIpc) is 2.49. The molecular formula is C8H12Br2N4O. The van der Waals surface area contributed by atoms with Crippen LogP contribution in [0, 0.1) is 0 Å². The molecule has 0 bridgehead atoms. The van der Waals surface area contributed by atoms with Gasteiger partial charge in [-0.05, 0) is 38.8 Å². The minimum absolute atomic E-state index is 0.425. The SMILES string of the molecule is C[C@@H]1COCCN1Cn1nc(Br)nc1Br. The van der Waals surface area contributed by atoms with Crippen molar-refractivity contribution in [2.45, 2.75) is 19.6 Å². The van der Waals surface area contributed by atoms with Crippen molar-refractivity contribution in [2.75, 3.05) is 19.8 Å². The van der Waals surface area contributed by atoms with Crippen LogP contribution in [0.25, 0.3) is 0 Å². The van der Waals surface area contributed by atoms with Gasteiger partial charge in [0.05, 0.1) is 19.9 Å². The Labute approximate surface area is 105 Å². The zero-order chi connectivity index (χ0) is 10.8. The zero-order valence-electron chi connectivity index (χ0n) is 8.36. The lowest BCUT2D eigenvalue weighted by atomic mass is 10.3. The fourth-order valence-corrected chi connectivity index (χ4v) is 2.49. The Morgan fingerprint density at radius 3 is 2.93 bits per heavy atom. The van der Waals surface area contributed by atoms with Gasteiger partial charge in [0.25, 0.3) is 0 Å². The van der Waals surface area contributed by atoms with Gasteiger partial charge in [-0.2, -0.15) is 4.98 Å². The summed E-state index contributed by atoms with van der Waals surface area (Å²) in [6, 6.07) is 0.425. The van der Waals surface area contributed by atoms with E-state index in [9.17, 15) is 0 Å². The first-order valence-electron chi connectivity index (χ1n) is 4.74. The number of hydrogen-bond acceptors (Lipinski definition) is 4. The van der Waals surface area contributed by atoms with Gasteiger partial charge in [-0.1, -0.05) is 0 Å². The molecule has 0 aromatic carbocycles. The quantitative estimate of drug-likeness (QED) is 0.818. The van der Waals surface area contributed by atoms with Gasteiger partial charge in [0.2, 0.25) is 4.73 Å². The van der Waals surface area contributed by atoms with Crippen LogP contribution in [0.3, 0.4) is 0 Å². The molecule has 0 amide bonds. The normalized spacial score (nSPS) is 23.3. The average molecular weight is 340 g/mol. The summed E-state index contributed by atoms with van der Waals surface area (Å²) in [5.74, 6) is 0. The fraction of sp³-hybridized carbons (Fsp3) is 0.750. The third-order valence-corrected chi connectivity index (χ3v) is 3.34. The lowest BCUT2D eigenvalue weighted by Crippen LogP contribution is -2.44. The fourth-order valence-electron chi connectivity index (χ4n) is 1.53. The molecule has 2 heterocycles. The molecule has 0 saturated carbocycles. The van der Waals surface area contributed by atoms with E-state index in [0.29, 0.717) is 10.8 Å². The van der Waals surface area contributed by atoms with Gasteiger partial charge in [-0.15, -0.1) is 5.10 Å². The molecule has 5 nitrogen and oxygen atoms in total. The number of morpholine rings is 1. The maximum Gasteiger partial charge on any atom is 0.218 e. The van der Waals surface area contributed by atoms with Gasteiger partial charge < -0.3 is 4.74 Å². The molecule has 1 aliphatic heterocycles. The molecule has 15 heavy (non-hydrogen) atoms. The Kier molecular flexibility index (Phi) is 3.76. The third kappa shape index (κ3) is 2.77. The van der Waals surface area contributed by atoms with Crippen molar-refractivity contribution in [3.8, 4) is 0 Å². The predicted molar refractivity (Wildman–Crippen MR) is 62.4 cm³/mol. The molecule has 1 saturated heterocycles. The van der Waals surface area contributed by atoms with Crippen molar-refractivity contribution in [2.24, 2.45) is 0 Å². The summed E-state index contributed by atoms with van der Waals surface area (Å²) in [4.78, 5) is 6.44. The molecule has 0 radical (unpaired) electrons. The molecule has 0 N–H and O–H groups in total. The lowest BCUT2D eigenvalue weighted by molar-refractivity contribution is -0.0177. The van der Waals surface area contributed by atoms with Crippen LogP contribution in [0.1, 0.15) is 6.92 Å². The summed E-state index contributed by atoms with van der Waals surface area (Å²) in [5, 5.41) is 4.23. The van der Waals surface area contributed by atoms with E-state index in [2.05, 4.69) is 53.8 Å². The molecule has 0 spiro atoms. The maximum absolute atomic E-state index is 5.38. The van der Waals surface area contributed by atoms with Crippen molar-refractivity contribution in [3.05, 3.63) is 9.47 Å². The van der Waals surface area contributed by atoms with Crippen molar-refractivity contribution < 1.29 is 4.74 Å². The van der Waals surface area contributed by atoms with Crippen LogP contribution in [-0.2, 0) is 11.4 Å². The monoisotopic (exact) mass is 338 g/mol. The maximum atomic E-state index is 5.38. The molecule has 0 aliphatic carbocycles. The van der Waals surface area contributed by atoms with Crippen LogP contribution in [0.15, 0.2) is 9.47 Å². The summed E-state index contributed by atoms with van der Waals surface area (Å²) in [5.41, 5.74) is 0. The van der Waals surface area contributed by atoms with Crippen LogP contribution < -0.4 is 0 Å². The minimum Gasteiger partial charge on any atom is -0.379 e. The molecule has 1 aromatic rings. The van der Waals surface area contributed by atoms with Gasteiger partial charge in [-0.25, -0.2) is 4.68 Å². The smallest absolute Gasteiger partial charge is 0.218 e. The number of aromatic nitrogens is 3. The molecule has 1 fully saturated rings. The second-order valence-corrected chi connectivity index (χ2v) is 4.95. The van der Waals surface area contributed by atoms with Crippen LogP contribution >= 0.6 is 31.9 Å². The third-order valence-electron chi connectivity index (χ3n) is 2.42. The highest BCUT2D eigenvalue weighted by Gasteiger charge is 2.20. The first-order chi connectivity index (χ1) is 7.16. The molecule has 1 aliphatic rings. The van der Waals surface area contributed by atoms with Crippen molar-refractivity contribution >= 4 is 31.9 Å². The van der Waals surface area contributed by atoms with E-state index in [4.69, 9.17) is 4.74 Å². The molecule has 0 unspecified atom stereocenters. The topological polar surface area (TPSA) is 43.2 Å². The summed E-state index contributed by atoms with van der Waals surface area (Å²) < 4.78 is 8.55. The van der Waals surface area contributed by atoms with E-state index in [1.165, 1.54) is 0 Å². The van der Waals surface area contributed by atoms with Gasteiger partial charge in [-0.3, -0.25) is 4.90 Å². The first-order valence-corrected chi connectivity index (χ1v) is 6.33. The summed E-state index contributed by atoms with van der Waals surface area (Å²) in [7, 11) is 0. The Bertz CT molecular complexity index is 343. The summed E-state index contributed by atoms with van der Waals surface area (Å²) in [6.07, 6.45) is 0. The Morgan fingerprint density at radius 2 is 2.33 bits per heavy atom. The predicted octanol–water partition coefficient (Wildman–Crippen LogP) is 1.48. The minimum atomic E-state index is 0.425. The molecular weight excluding hydrogens is 328 g/mol. The highest BCUT2D eigenvalue weighted by molar-refractivity contribution is 9.11. The number of halogens is 2. The van der Waals surface area contributed by atoms with Crippen molar-refractivity contribution in [1.82, 2.24) is 19.7 Å². The highest BCUT2D eigenvalue weighted by Crippen LogP contribution is 2.14. The van der Waals surface area contributed by atoms with Gasteiger partial charge in [0.15, 0.2) is 4.73 Å². The molecule has 7 heteroatoms. The molecule has 1 aromatic heterocycles. The Balaban J connectivity index is 2.04. The van der Waals surface area contributed by atoms with Crippen LogP contribution in [0.5, 0.6) is 0 Å². The number of ether oxygens (including phenoxy) is 1. The number of hydrogen-bond donors (Lipinski definition) is 0. The second-order valence-electron chi connectivity index (χ2n) is 3.53. The van der Waals surface area contributed by atoms with E-state index in [0.717, 1.165) is 31.2 Å². The summed E-state index contributed by atoms with van der Waals surface area (Å²) in [6.45, 7) is 5.40. The molecule has 84 valence electrons. The first kappa shape index (κ1) is 11.5.